The summed E-state index contributed by atoms with van der Waals surface area (Å²) in [7, 11) is 1.77. The van der Waals surface area contributed by atoms with Crippen LogP contribution in [0.5, 0.6) is 5.06 Å². The zero-order valence-corrected chi connectivity index (χ0v) is 17.6. The standard InChI is InChI=1S/C11H10N2O2S.C10H14F2N2/c1-7-5-12-13-2-3-15-11-9(10(7)13)4-8(6-14)16-11;1-14-10(6-13)4-7-2-8(11)5-9(12)3-7/h4-6H,2-3H2,1H3;2-3,5,10,14H,4,6,13H2,1H3. The van der Waals surface area contributed by atoms with Gasteiger partial charge in [0.05, 0.1) is 28.9 Å². The number of hydrogen-bond donors (Lipinski definition) is 2. The minimum absolute atomic E-state index is 0.0520. The summed E-state index contributed by atoms with van der Waals surface area (Å²) < 4.78 is 33.1. The molecule has 1 aliphatic heterocycles. The van der Waals surface area contributed by atoms with E-state index in [0.29, 0.717) is 30.0 Å². The molecule has 0 saturated carbocycles. The lowest BCUT2D eigenvalue weighted by Gasteiger charge is -2.13. The fraction of sp³-hybridized carbons (Fsp3) is 0.333. The van der Waals surface area contributed by atoms with Crippen LogP contribution < -0.4 is 15.8 Å². The molecule has 2 aromatic heterocycles. The van der Waals surface area contributed by atoms with E-state index >= 15 is 0 Å². The first-order chi connectivity index (χ1) is 14.4. The number of hydrogen-bond acceptors (Lipinski definition) is 6. The van der Waals surface area contributed by atoms with E-state index in [-0.39, 0.29) is 6.04 Å². The number of halogens is 2. The first kappa shape index (κ1) is 22.1. The van der Waals surface area contributed by atoms with Crippen molar-refractivity contribution in [3.05, 3.63) is 58.1 Å². The Balaban J connectivity index is 0.000000173. The summed E-state index contributed by atoms with van der Waals surface area (Å²) in [5, 5.41) is 8.10. The minimum atomic E-state index is -0.549. The van der Waals surface area contributed by atoms with E-state index in [1.165, 1.54) is 23.5 Å². The molecular weight excluding hydrogens is 410 g/mol. The van der Waals surface area contributed by atoms with Gasteiger partial charge in [0.25, 0.3) is 0 Å². The maximum absolute atomic E-state index is 12.8. The summed E-state index contributed by atoms with van der Waals surface area (Å²) in [5.74, 6) is -1.10. The fourth-order valence-corrected chi connectivity index (χ4v) is 4.11. The Morgan fingerprint density at radius 2 is 2.07 bits per heavy atom. The van der Waals surface area contributed by atoms with Crippen LogP contribution in [0.2, 0.25) is 0 Å². The van der Waals surface area contributed by atoms with Crippen molar-refractivity contribution in [3.8, 4) is 16.3 Å². The predicted molar refractivity (Wildman–Crippen MR) is 113 cm³/mol. The van der Waals surface area contributed by atoms with Gasteiger partial charge in [0.1, 0.15) is 18.2 Å². The summed E-state index contributed by atoms with van der Waals surface area (Å²) in [5.41, 5.74) is 9.24. The van der Waals surface area contributed by atoms with Gasteiger partial charge in [-0.15, -0.1) is 0 Å². The molecule has 1 unspecified atom stereocenters. The summed E-state index contributed by atoms with van der Waals surface area (Å²) >= 11 is 1.39. The molecule has 30 heavy (non-hydrogen) atoms. The highest BCUT2D eigenvalue weighted by Gasteiger charge is 2.21. The topological polar surface area (TPSA) is 82.2 Å². The summed E-state index contributed by atoms with van der Waals surface area (Å²) in [4.78, 5) is 11.5. The lowest BCUT2D eigenvalue weighted by atomic mass is 10.1. The number of fused-ring (bicyclic) bond motifs is 3. The van der Waals surface area contributed by atoms with E-state index in [2.05, 4.69) is 10.4 Å². The van der Waals surface area contributed by atoms with Gasteiger partial charge in [-0.05, 0) is 49.7 Å². The van der Waals surface area contributed by atoms with E-state index in [9.17, 15) is 13.6 Å². The number of nitrogens with zero attached hydrogens (tertiary/aromatic N) is 2. The molecule has 1 atom stereocenters. The maximum Gasteiger partial charge on any atom is 0.183 e. The first-order valence-corrected chi connectivity index (χ1v) is 10.3. The van der Waals surface area contributed by atoms with Gasteiger partial charge >= 0.3 is 0 Å². The number of ether oxygens (including phenoxy) is 1. The second-order valence-electron chi connectivity index (χ2n) is 6.92. The number of carbonyl (C=O) groups excluding carboxylic acids is 1. The number of aryl methyl sites for hydroxylation is 1. The molecule has 1 aromatic carbocycles. The lowest BCUT2D eigenvalue weighted by Crippen LogP contribution is -2.35. The van der Waals surface area contributed by atoms with Gasteiger partial charge in [-0.2, -0.15) is 5.10 Å². The summed E-state index contributed by atoms with van der Waals surface area (Å²) in [6.45, 7) is 3.81. The molecule has 3 heterocycles. The zero-order chi connectivity index (χ0) is 21.7. The van der Waals surface area contributed by atoms with Crippen molar-refractivity contribution in [1.82, 2.24) is 15.1 Å². The molecule has 4 rings (SSSR count). The quantitative estimate of drug-likeness (QED) is 0.603. The number of benzene rings is 1. The Hall–Kier alpha value is -2.62. The molecule has 0 saturated heterocycles. The van der Waals surface area contributed by atoms with Crippen LogP contribution in [0, 0.1) is 18.6 Å². The van der Waals surface area contributed by atoms with E-state index in [0.717, 1.165) is 40.8 Å². The molecule has 0 amide bonds. The molecule has 0 spiro atoms. The van der Waals surface area contributed by atoms with Crippen molar-refractivity contribution in [2.75, 3.05) is 20.2 Å². The number of nitrogens with one attached hydrogen (secondary N) is 1. The van der Waals surface area contributed by atoms with Gasteiger partial charge in [-0.25, -0.2) is 8.78 Å². The number of aldehydes is 1. The first-order valence-electron chi connectivity index (χ1n) is 9.52. The molecule has 1 aliphatic rings. The predicted octanol–water partition coefficient (Wildman–Crippen LogP) is 3.18. The monoisotopic (exact) mass is 434 g/mol. The third-order valence-electron chi connectivity index (χ3n) is 4.74. The Bertz CT molecular complexity index is 994. The molecule has 0 aliphatic carbocycles. The normalized spacial score (nSPS) is 13.2. The molecule has 6 nitrogen and oxygen atoms in total. The van der Waals surface area contributed by atoms with Gasteiger partial charge in [0, 0.05) is 18.7 Å². The number of thiophene rings is 1. The highest BCUT2D eigenvalue weighted by Crippen LogP contribution is 2.40. The summed E-state index contributed by atoms with van der Waals surface area (Å²) in [6.07, 6.45) is 3.24. The molecule has 3 N–H and O–H groups in total. The smallest absolute Gasteiger partial charge is 0.183 e. The fourth-order valence-electron chi connectivity index (χ4n) is 3.26. The van der Waals surface area contributed by atoms with Gasteiger partial charge in [0.15, 0.2) is 11.3 Å². The lowest BCUT2D eigenvalue weighted by molar-refractivity contribution is 0.112. The Kier molecular flexibility index (Phi) is 7.30. The number of rotatable bonds is 5. The largest absolute Gasteiger partial charge is 0.481 e. The molecule has 0 radical (unpaired) electrons. The van der Waals surface area contributed by atoms with E-state index in [1.54, 1.807) is 7.05 Å². The van der Waals surface area contributed by atoms with Crippen LogP contribution in [0.25, 0.3) is 11.3 Å². The molecule has 0 bridgehead atoms. The second kappa shape index (κ2) is 9.92. The average Bonchev–Trinajstić information content (AvgIpc) is 3.24. The van der Waals surface area contributed by atoms with Crippen molar-refractivity contribution < 1.29 is 18.3 Å². The Morgan fingerprint density at radius 1 is 1.33 bits per heavy atom. The van der Waals surface area contributed by atoms with Gasteiger partial charge in [-0.1, -0.05) is 11.3 Å². The van der Waals surface area contributed by atoms with Crippen molar-refractivity contribution in [1.29, 1.82) is 0 Å². The Morgan fingerprint density at radius 3 is 2.70 bits per heavy atom. The highest BCUT2D eigenvalue weighted by atomic mass is 32.1. The highest BCUT2D eigenvalue weighted by molar-refractivity contribution is 7.16. The van der Waals surface area contributed by atoms with Gasteiger partial charge in [0.2, 0.25) is 0 Å². The van der Waals surface area contributed by atoms with Crippen molar-refractivity contribution in [2.24, 2.45) is 5.73 Å². The van der Waals surface area contributed by atoms with Crippen LogP contribution in [0.15, 0.2) is 30.5 Å². The molecule has 160 valence electrons. The van der Waals surface area contributed by atoms with E-state index in [4.69, 9.17) is 10.5 Å². The van der Waals surface area contributed by atoms with Gasteiger partial charge < -0.3 is 15.8 Å². The van der Waals surface area contributed by atoms with Crippen LogP contribution in [0.3, 0.4) is 0 Å². The van der Waals surface area contributed by atoms with E-state index in [1.807, 2.05) is 23.9 Å². The minimum Gasteiger partial charge on any atom is -0.481 e. The third-order valence-corrected chi connectivity index (χ3v) is 5.72. The maximum atomic E-state index is 12.8. The van der Waals surface area contributed by atoms with Crippen LogP contribution >= 0.6 is 11.3 Å². The molecule has 0 fully saturated rings. The summed E-state index contributed by atoms with van der Waals surface area (Å²) in [6, 6.07) is 5.43. The van der Waals surface area contributed by atoms with Crippen molar-refractivity contribution >= 4 is 17.6 Å². The number of carbonyl (C=O) groups is 1. The zero-order valence-electron chi connectivity index (χ0n) is 16.8. The van der Waals surface area contributed by atoms with Crippen LogP contribution in [-0.4, -0.2) is 42.3 Å². The van der Waals surface area contributed by atoms with E-state index < -0.39 is 11.6 Å². The number of likely N-dealkylation sites (N-methyl/N-ethyl adjacent to an activating group) is 1. The SMILES string of the molecule is CNC(CN)Cc1cc(F)cc(F)c1.Cc1cnn2c1-c1cc(C=O)sc1OCC2. The van der Waals surface area contributed by atoms with Crippen LogP contribution in [-0.2, 0) is 13.0 Å². The molecule has 3 aromatic rings. The third kappa shape index (κ3) is 5.10. The second-order valence-corrected chi connectivity index (χ2v) is 7.96. The average molecular weight is 435 g/mol. The number of nitrogens with two attached hydrogens (primary N) is 1. The van der Waals surface area contributed by atoms with Gasteiger partial charge in [-0.3, -0.25) is 9.48 Å². The van der Waals surface area contributed by atoms with Crippen molar-refractivity contribution in [2.45, 2.75) is 25.9 Å². The molecular formula is C21H24F2N4O2S. The van der Waals surface area contributed by atoms with Crippen molar-refractivity contribution in [3.63, 3.8) is 0 Å². The van der Waals surface area contributed by atoms with Crippen LogP contribution in [0.4, 0.5) is 8.78 Å². The molecule has 9 heteroatoms. The number of aromatic nitrogens is 2. The Labute approximate surface area is 177 Å². The van der Waals surface area contributed by atoms with Crippen LogP contribution in [0.1, 0.15) is 20.8 Å².